The first-order chi connectivity index (χ1) is 14.8. The molecule has 32 heavy (non-hydrogen) atoms. The van der Waals surface area contributed by atoms with E-state index in [0.29, 0.717) is 0 Å². The van der Waals surface area contributed by atoms with E-state index in [-0.39, 0.29) is 28.0 Å². The van der Waals surface area contributed by atoms with Gasteiger partial charge in [-0.3, -0.25) is 25.0 Å². The highest BCUT2D eigenvalue weighted by Gasteiger charge is 2.29. The van der Waals surface area contributed by atoms with Crippen LogP contribution in [0.1, 0.15) is 52.4 Å². The monoisotopic (exact) mass is 446 g/mol. The minimum Gasteiger partial charge on any atom is -0.477 e. The Kier molecular flexibility index (Phi) is 7.34. The summed E-state index contributed by atoms with van der Waals surface area (Å²) in [6, 6.07) is 7.18. The van der Waals surface area contributed by atoms with Crippen LogP contribution < -0.4 is 10.2 Å². The highest BCUT2D eigenvalue weighted by atomic mass is 16.6. The first-order valence-electron chi connectivity index (χ1n) is 9.76. The van der Waals surface area contributed by atoms with Crippen molar-refractivity contribution in [2.75, 3.05) is 6.61 Å². The van der Waals surface area contributed by atoms with Gasteiger partial charge < -0.3 is 9.15 Å². The van der Waals surface area contributed by atoms with Crippen LogP contribution in [-0.4, -0.2) is 28.6 Å². The number of rotatable bonds is 9. The van der Waals surface area contributed by atoms with Gasteiger partial charge in [-0.2, -0.15) is 5.10 Å². The lowest BCUT2D eigenvalue weighted by Crippen LogP contribution is -2.26. The summed E-state index contributed by atoms with van der Waals surface area (Å²) in [6.45, 7) is 9.85. The SMILES string of the molecule is CC(C)(C)CC(C)(C)c1ccc(OCC(=O)N/N=C\c2ccc([N+](=O)[O-])o2)c([N+](=O)[O-])c1. The van der Waals surface area contributed by atoms with E-state index in [0.717, 1.165) is 24.3 Å². The third-order valence-electron chi connectivity index (χ3n) is 4.44. The van der Waals surface area contributed by atoms with E-state index < -0.39 is 28.2 Å². The van der Waals surface area contributed by atoms with Crippen molar-refractivity contribution in [2.24, 2.45) is 10.5 Å². The molecule has 11 nitrogen and oxygen atoms in total. The number of carbonyl (C=O) groups is 1. The van der Waals surface area contributed by atoms with Gasteiger partial charge in [-0.1, -0.05) is 40.7 Å². The lowest BCUT2D eigenvalue weighted by atomic mass is 9.72. The Morgan fingerprint density at radius 1 is 1.12 bits per heavy atom. The number of amides is 1. The van der Waals surface area contributed by atoms with Crippen LogP contribution in [0.4, 0.5) is 11.6 Å². The molecular formula is C21H26N4O7. The van der Waals surface area contributed by atoms with Gasteiger partial charge in [0.2, 0.25) is 0 Å². The summed E-state index contributed by atoms with van der Waals surface area (Å²) in [7, 11) is 0. The Morgan fingerprint density at radius 3 is 2.38 bits per heavy atom. The molecule has 0 saturated heterocycles. The quantitative estimate of drug-likeness (QED) is 0.342. The number of hydrazone groups is 1. The zero-order valence-corrected chi connectivity index (χ0v) is 18.6. The molecule has 0 unspecified atom stereocenters. The fraction of sp³-hybridized carbons (Fsp3) is 0.429. The summed E-state index contributed by atoms with van der Waals surface area (Å²) in [6.07, 6.45) is 1.90. The maximum Gasteiger partial charge on any atom is 0.433 e. The van der Waals surface area contributed by atoms with Crippen molar-refractivity contribution in [3.63, 3.8) is 0 Å². The average molecular weight is 446 g/mol. The minimum atomic E-state index is -0.702. The third-order valence-corrected chi connectivity index (χ3v) is 4.44. The van der Waals surface area contributed by atoms with Crippen LogP contribution in [0.25, 0.3) is 0 Å². The standard InChI is InChI=1S/C21H26N4O7/c1-20(2,3)13-21(4,5)14-6-8-17(16(10-14)24(27)28)31-12-18(26)23-22-11-15-7-9-19(32-15)25(29)30/h6-11H,12-13H2,1-5H3,(H,23,26)/b22-11-. The Bertz CT molecular complexity index is 1040. The van der Waals surface area contributed by atoms with Gasteiger partial charge in [0.25, 0.3) is 5.91 Å². The van der Waals surface area contributed by atoms with Gasteiger partial charge >= 0.3 is 11.6 Å². The average Bonchev–Trinajstić information content (AvgIpc) is 3.13. The van der Waals surface area contributed by atoms with Crippen molar-refractivity contribution in [3.05, 3.63) is 61.9 Å². The van der Waals surface area contributed by atoms with E-state index in [1.54, 1.807) is 6.07 Å². The molecule has 0 aliphatic carbocycles. The molecule has 0 aliphatic rings. The number of nitrogens with zero attached hydrogens (tertiary/aromatic N) is 3. The number of nitrogens with one attached hydrogen (secondary N) is 1. The van der Waals surface area contributed by atoms with Gasteiger partial charge in [-0.05, 0) is 34.9 Å². The van der Waals surface area contributed by atoms with Gasteiger partial charge in [-0.25, -0.2) is 5.43 Å². The van der Waals surface area contributed by atoms with Crippen LogP contribution in [0.15, 0.2) is 39.9 Å². The second kappa shape index (κ2) is 9.58. The van der Waals surface area contributed by atoms with E-state index in [2.05, 4.69) is 31.3 Å². The van der Waals surface area contributed by atoms with Gasteiger partial charge in [0.15, 0.2) is 18.1 Å². The molecule has 11 heteroatoms. The molecule has 1 heterocycles. The van der Waals surface area contributed by atoms with Crippen LogP contribution in [-0.2, 0) is 10.2 Å². The van der Waals surface area contributed by atoms with Crippen LogP contribution in [0.3, 0.4) is 0 Å². The van der Waals surface area contributed by atoms with Gasteiger partial charge in [-0.15, -0.1) is 0 Å². The second-order valence-electron chi connectivity index (χ2n) is 9.08. The van der Waals surface area contributed by atoms with E-state index in [9.17, 15) is 25.0 Å². The highest BCUT2D eigenvalue weighted by molar-refractivity contribution is 5.81. The number of hydrogen-bond donors (Lipinski definition) is 1. The first kappa shape index (κ1) is 24.5. The van der Waals surface area contributed by atoms with Crippen LogP contribution in [0.5, 0.6) is 5.75 Å². The van der Waals surface area contributed by atoms with Crippen molar-refractivity contribution in [1.82, 2.24) is 5.43 Å². The van der Waals surface area contributed by atoms with Gasteiger partial charge in [0.05, 0.1) is 17.2 Å². The summed E-state index contributed by atoms with van der Waals surface area (Å²) in [4.78, 5) is 32.8. The molecule has 1 N–H and O–H groups in total. The molecule has 2 rings (SSSR count). The number of hydrogen-bond acceptors (Lipinski definition) is 8. The number of furan rings is 1. The predicted molar refractivity (Wildman–Crippen MR) is 117 cm³/mol. The molecule has 0 atom stereocenters. The highest BCUT2D eigenvalue weighted by Crippen LogP contribution is 2.39. The number of benzene rings is 1. The number of nitro benzene ring substituents is 1. The number of carbonyl (C=O) groups excluding carboxylic acids is 1. The zero-order valence-electron chi connectivity index (χ0n) is 18.6. The Hall–Kier alpha value is -3.76. The Labute approximate surface area is 184 Å². The third kappa shape index (κ3) is 6.89. The van der Waals surface area contributed by atoms with Crippen LogP contribution >= 0.6 is 0 Å². The van der Waals surface area contributed by atoms with E-state index in [1.165, 1.54) is 18.2 Å². The molecular weight excluding hydrogens is 420 g/mol. The molecule has 0 radical (unpaired) electrons. The Balaban J connectivity index is 2.03. The largest absolute Gasteiger partial charge is 0.477 e. The molecule has 0 bridgehead atoms. The maximum atomic E-state index is 11.9. The van der Waals surface area contributed by atoms with Crippen molar-refractivity contribution in [1.29, 1.82) is 0 Å². The van der Waals surface area contributed by atoms with Gasteiger partial charge in [0, 0.05) is 6.07 Å². The zero-order chi connectivity index (χ0) is 24.1. The summed E-state index contributed by atoms with van der Waals surface area (Å²) in [5.41, 5.74) is 2.46. The fourth-order valence-corrected chi connectivity index (χ4v) is 3.48. The minimum absolute atomic E-state index is 0.0343. The first-order valence-corrected chi connectivity index (χ1v) is 9.76. The van der Waals surface area contributed by atoms with E-state index >= 15 is 0 Å². The van der Waals surface area contributed by atoms with Crippen molar-refractivity contribution in [2.45, 2.75) is 46.5 Å². The van der Waals surface area contributed by atoms with Crippen molar-refractivity contribution in [3.8, 4) is 5.75 Å². The fourth-order valence-electron chi connectivity index (χ4n) is 3.48. The smallest absolute Gasteiger partial charge is 0.433 e. The molecule has 1 aromatic heterocycles. The summed E-state index contributed by atoms with van der Waals surface area (Å²) in [5.74, 6) is -1.09. The van der Waals surface area contributed by atoms with Crippen LogP contribution in [0, 0.1) is 25.6 Å². The molecule has 0 aliphatic heterocycles. The lowest BCUT2D eigenvalue weighted by molar-refractivity contribution is -0.402. The normalized spacial score (nSPS) is 12.0. The molecule has 1 amide bonds. The number of nitro groups is 2. The van der Waals surface area contributed by atoms with Crippen LogP contribution in [0.2, 0.25) is 0 Å². The lowest BCUT2D eigenvalue weighted by Gasteiger charge is -2.33. The molecule has 0 saturated carbocycles. The van der Waals surface area contributed by atoms with Gasteiger partial charge in [0.1, 0.15) is 4.92 Å². The molecule has 172 valence electrons. The topological polar surface area (TPSA) is 150 Å². The van der Waals surface area contributed by atoms with Crippen molar-refractivity contribution >= 4 is 23.7 Å². The molecule has 0 spiro atoms. The maximum absolute atomic E-state index is 11.9. The Morgan fingerprint density at radius 2 is 1.81 bits per heavy atom. The van der Waals surface area contributed by atoms with Crippen molar-refractivity contribution < 1.29 is 23.8 Å². The van der Waals surface area contributed by atoms with E-state index in [1.807, 2.05) is 13.8 Å². The summed E-state index contributed by atoms with van der Waals surface area (Å²) >= 11 is 0. The molecule has 1 aromatic carbocycles. The molecule has 2 aromatic rings. The predicted octanol–water partition coefficient (Wildman–Crippen LogP) is 4.34. The molecule has 0 fully saturated rings. The summed E-state index contributed by atoms with van der Waals surface area (Å²) in [5, 5.41) is 25.7. The second-order valence-corrected chi connectivity index (χ2v) is 9.08. The summed E-state index contributed by atoms with van der Waals surface area (Å²) < 4.78 is 10.2. The van der Waals surface area contributed by atoms with E-state index in [4.69, 9.17) is 9.15 Å². The number of ether oxygens (including phenoxy) is 1.